The molecule has 226 valence electrons. The van der Waals surface area contributed by atoms with Gasteiger partial charge in [-0.1, -0.05) is 60.0 Å². The molecule has 0 aliphatic carbocycles. The number of methoxy groups -OCH3 is 1. The molecule has 1 N–H and O–H groups in total. The molecule has 0 spiro atoms. The summed E-state index contributed by atoms with van der Waals surface area (Å²) in [7, 11) is -2.69. The number of carbonyl (C=O) groups excluding carboxylic acids is 2. The largest absolute Gasteiger partial charge is 0.497 e. The first-order valence-electron chi connectivity index (χ1n) is 13.4. The number of amides is 2. The SMILES string of the molecule is CC[C@@H](C(=O)NC(C)(C)C)N(Cc1cccc(OC)c1)C(=O)CN(c1ccc(Cl)c(Cl)c1)S(=O)(=O)c1ccc(C)cc1. The van der Waals surface area contributed by atoms with E-state index in [1.807, 2.05) is 33.8 Å². The summed E-state index contributed by atoms with van der Waals surface area (Å²) in [5, 5.41) is 3.33. The smallest absolute Gasteiger partial charge is 0.264 e. The van der Waals surface area contributed by atoms with Crippen LogP contribution in [0.4, 0.5) is 5.69 Å². The summed E-state index contributed by atoms with van der Waals surface area (Å²) in [4.78, 5) is 29.0. The lowest BCUT2D eigenvalue weighted by molar-refractivity contribution is -0.141. The predicted molar refractivity (Wildman–Crippen MR) is 168 cm³/mol. The summed E-state index contributed by atoms with van der Waals surface area (Å²) in [5.41, 5.74) is 1.21. The number of rotatable bonds is 11. The van der Waals surface area contributed by atoms with Gasteiger partial charge in [0.25, 0.3) is 10.0 Å². The van der Waals surface area contributed by atoms with Crippen molar-refractivity contribution in [2.45, 2.75) is 64.1 Å². The first kappa shape index (κ1) is 33.2. The number of hydrogen-bond donors (Lipinski definition) is 1. The van der Waals surface area contributed by atoms with E-state index in [2.05, 4.69) is 5.32 Å². The average Bonchev–Trinajstić information content (AvgIpc) is 2.92. The number of ether oxygens (including phenoxy) is 1. The Morgan fingerprint density at radius 1 is 0.976 bits per heavy atom. The second kappa shape index (κ2) is 13.8. The lowest BCUT2D eigenvalue weighted by Crippen LogP contribution is -2.55. The van der Waals surface area contributed by atoms with Gasteiger partial charge in [0, 0.05) is 12.1 Å². The van der Waals surface area contributed by atoms with Crippen molar-refractivity contribution in [3.8, 4) is 5.75 Å². The number of benzene rings is 3. The lowest BCUT2D eigenvalue weighted by atomic mass is 10.1. The number of sulfonamides is 1. The Hall–Kier alpha value is -3.27. The molecular weight excluding hydrogens is 597 g/mol. The number of carbonyl (C=O) groups is 2. The van der Waals surface area contributed by atoms with Crippen LogP contribution in [0.15, 0.2) is 71.6 Å². The van der Waals surface area contributed by atoms with Gasteiger partial charge in [0.05, 0.1) is 27.7 Å². The van der Waals surface area contributed by atoms with Gasteiger partial charge in [-0.05, 0) is 82.1 Å². The van der Waals surface area contributed by atoms with Crippen LogP contribution in [0.5, 0.6) is 5.75 Å². The Balaban J connectivity index is 2.11. The van der Waals surface area contributed by atoms with Gasteiger partial charge in [-0.2, -0.15) is 0 Å². The quantitative estimate of drug-likeness (QED) is 0.270. The van der Waals surface area contributed by atoms with Gasteiger partial charge in [0.1, 0.15) is 18.3 Å². The molecule has 0 radical (unpaired) electrons. The first-order valence-corrected chi connectivity index (χ1v) is 15.6. The van der Waals surface area contributed by atoms with Crippen molar-refractivity contribution < 1.29 is 22.7 Å². The Kier molecular flexibility index (Phi) is 10.9. The highest BCUT2D eigenvalue weighted by molar-refractivity contribution is 7.92. The molecule has 0 aliphatic rings. The summed E-state index contributed by atoms with van der Waals surface area (Å²) < 4.78 is 34.3. The third kappa shape index (κ3) is 8.40. The zero-order chi connectivity index (χ0) is 31.2. The van der Waals surface area contributed by atoms with E-state index >= 15 is 0 Å². The Labute approximate surface area is 258 Å². The molecule has 0 bridgehead atoms. The Morgan fingerprint density at radius 3 is 2.21 bits per heavy atom. The van der Waals surface area contributed by atoms with E-state index in [1.54, 1.807) is 44.4 Å². The van der Waals surface area contributed by atoms with Gasteiger partial charge < -0.3 is 15.0 Å². The van der Waals surface area contributed by atoms with Crippen LogP contribution in [-0.4, -0.2) is 50.4 Å². The zero-order valence-electron chi connectivity index (χ0n) is 24.6. The molecule has 0 unspecified atom stereocenters. The van der Waals surface area contributed by atoms with Crippen molar-refractivity contribution in [1.82, 2.24) is 10.2 Å². The number of nitrogens with zero attached hydrogens (tertiary/aromatic N) is 2. The highest BCUT2D eigenvalue weighted by atomic mass is 35.5. The lowest BCUT2D eigenvalue weighted by Gasteiger charge is -2.35. The van der Waals surface area contributed by atoms with Crippen LogP contribution >= 0.6 is 23.2 Å². The van der Waals surface area contributed by atoms with Crippen molar-refractivity contribution in [1.29, 1.82) is 0 Å². The second-order valence-electron chi connectivity index (χ2n) is 11.0. The molecule has 2 amide bonds. The highest BCUT2D eigenvalue weighted by Gasteiger charge is 2.34. The Morgan fingerprint density at radius 2 is 1.64 bits per heavy atom. The van der Waals surface area contributed by atoms with Gasteiger partial charge in [-0.15, -0.1) is 0 Å². The normalized spacial score (nSPS) is 12.4. The molecule has 3 aromatic carbocycles. The molecule has 1 atom stereocenters. The third-order valence-electron chi connectivity index (χ3n) is 6.45. The second-order valence-corrected chi connectivity index (χ2v) is 13.6. The summed E-state index contributed by atoms with van der Waals surface area (Å²) in [6, 6.07) is 17.0. The van der Waals surface area contributed by atoms with E-state index < -0.39 is 34.1 Å². The van der Waals surface area contributed by atoms with E-state index in [4.69, 9.17) is 27.9 Å². The molecule has 0 aromatic heterocycles. The maximum Gasteiger partial charge on any atom is 0.264 e. The van der Waals surface area contributed by atoms with Crippen molar-refractivity contribution >= 4 is 50.7 Å². The number of halogens is 2. The Bertz CT molecular complexity index is 1520. The summed E-state index contributed by atoms with van der Waals surface area (Å²) >= 11 is 12.4. The minimum absolute atomic E-state index is 0.00355. The molecule has 0 aliphatic heterocycles. The van der Waals surface area contributed by atoms with Crippen molar-refractivity contribution in [3.63, 3.8) is 0 Å². The van der Waals surface area contributed by atoms with Crippen molar-refractivity contribution in [2.75, 3.05) is 18.0 Å². The van der Waals surface area contributed by atoms with Gasteiger partial charge in [0.2, 0.25) is 11.8 Å². The van der Waals surface area contributed by atoms with Crippen molar-refractivity contribution in [2.24, 2.45) is 0 Å². The molecule has 0 saturated carbocycles. The third-order valence-corrected chi connectivity index (χ3v) is 8.98. The minimum Gasteiger partial charge on any atom is -0.497 e. The summed E-state index contributed by atoms with van der Waals surface area (Å²) in [5.74, 6) is -0.328. The molecule has 8 nitrogen and oxygen atoms in total. The summed E-state index contributed by atoms with van der Waals surface area (Å²) in [6.07, 6.45) is 0.301. The van der Waals surface area contributed by atoms with E-state index in [0.29, 0.717) is 17.7 Å². The average molecular weight is 635 g/mol. The number of anilines is 1. The topological polar surface area (TPSA) is 96.0 Å². The maximum atomic E-state index is 14.2. The first-order chi connectivity index (χ1) is 19.7. The molecule has 11 heteroatoms. The molecule has 0 saturated heterocycles. The fraction of sp³-hybridized carbons (Fsp3) is 0.355. The minimum atomic E-state index is -4.23. The van der Waals surface area contributed by atoms with Crippen LogP contribution in [0.2, 0.25) is 10.0 Å². The van der Waals surface area contributed by atoms with Crippen LogP contribution in [0, 0.1) is 6.92 Å². The van der Waals surface area contributed by atoms with Crippen LogP contribution < -0.4 is 14.4 Å². The van der Waals surface area contributed by atoms with E-state index in [9.17, 15) is 18.0 Å². The monoisotopic (exact) mass is 633 g/mol. The van der Waals surface area contributed by atoms with E-state index in [1.165, 1.54) is 35.2 Å². The maximum absolute atomic E-state index is 14.2. The van der Waals surface area contributed by atoms with Crippen LogP contribution in [0.1, 0.15) is 45.2 Å². The van der Waals surface area contributed by atoms with Gasteiger partial charge in [0.15, 0.2) is 0 Å². The summed E-state index contributed by atoms with van der Waals surface area (Å²) in [6.45, 7) is 8.67. The fourth-order valence-electron chi connectivity index (χ4n) is 4.35. The molecule has 42 heavy (non-hydrogen) atoms. The van der Waals surface area contributed by atoms with E-state index in [-0.39, 0.29) is 33.1 Å². The molecular formula is C31H37Cl2N3O5S. The van der Waals surface area contributed by atoms with Crippen LogP contribution in [0.3, 0.4) is 0 Å². The van der Waals surface area contributed by atoms with E-state index in [0.717, 1.165) is 9.87 Å². The molecule has 0 heterocycles. The van der Waals surface area contributed by atoms with Gasteiger partial charge >= 0.3 is 0 Å². The number of nitrogens with one attached hydrogen (secondary N) is 1. The van der Waals surface area contributed by atoms with Gasteiger partial charge in [-0.3, -0.25) is 13.9 Å². The molecule has 3 rings (SSSR count). The van der Waals surface area contributed by atoms with Gasteiger partial charge in [-0.25, -0.2) is 8.42 Å². The zero-order valence-corrected chi connectivity index (χ0v) is 27.0. The van der Waals surface area contributed by atoms with Crippen molar-refractivity contribution in [3.05, 3.63) is 87.9 Å². The molecule has 3 aromatic rings. The molecule has 0 fully saturated rings. The standard InChI is InChI=1S/C31H37Cl2N3O5S/c1-7-28(30(38)34-31(3,4)5)35(19-22-9-8-10-24(17-22)41-6)29(37)20-36(23-13-16-26(32)27(33)18-23)42(39,40)25-14-11-21(2)12-15-25/h8-18,28H,7,19-20H2,1-6H3,(H,34,38)/t28-/m0/s1. The fourth-order valence-corrected chi connectivity index (χ4v) is 6.04. The number of aryl methyl sites for hydroxylation is 1. The number of hydrogen-bond acceptors (Lipinski definition) is 5. The van der Waals surface area contributed by atoms with Crippen LogP contribution in [-0.2, 0) is 26.2 Å². The highest BCUT2D eigenvalue weighted by Crippen LogP contribution is 2.31. The van der Waals surface area contributed by atoms with Crippen LogP contribution in [0.25, 0.3) is 0 Å². The predicted octanol–water partition coefficient (Wildman–Crippen LogP) is 6.23.